The van der Waals surface area contributed by atoms with Gasteiger partial charge in [-0.3, -0.25) is 4.79 Å². The number of ether oxygens (including phenoxy) is 4. The molecule has 10 heteroatoms. The normalized spacial score (nSPS) is 16.5. The summed E-state index contributed by atoms with van der Waals surface area (Å²) in [5.41, 5.74) is 0.456. The molecule has 0 spiro atoms. The molecule has 0 saturated carbocycles. The molecule has 2 heterocycles. The Morgan fingerprint density at radius 2 is 1.70 bits per heavy atom. The van der Waals surface area contributed by atoms with Crippen molar-refractivity contribution in [1.29, 1.82) is 0 Å². The van der Waals surface area contributed by atoms with Crippen molar-refractivity contribution in [3.05, 3.63) is 48.0 Å². The summed E-state index contributed by atoms with van der Waals surface area (Å²) in [7, 11) is -3.71. The minimum absolute atomic E-state index is 0.152. The number of carbonyl (C=O) groups is 1. The Balaban J connectivity index is 1.40. The van der Waals surface area contributed by atoms with E-state index in [-0.39, 0.29) is 37.0 Å². The summed E-state index contributed by atoms with van der Waals surface area (Å²) in [6.07, 6.45) is 0. The molecule has 0 unspecified atom stereocenters. The predicted molar refractivity (Wildman–Crippen MR) is 121 cm³/mol. The first-order valence-electron chi connectivity index (χ1n) is 11.0. The molecule has 0 radical (unpaired) electrons. The van der Waals surface area contributed by atoms with E-state index in [1.807, 2.05) is 13.0 Å². The number of benzene rings is 2. The lowest BCUT2D eigenvalue weighted by atomic mass is 10.1. The predicted octanol–water partition coefficient (Wildman–Crippen LogP) is 2.02. The minimum Gasteiger partial charge on any atom is -0.490 e. The van der Waals surface area contributed by atoms with E-state index in [0.717, 1.165) is 0 Å². The van der Waals surface area contributed by atoms with E-state index in [9.17, 15) is 13.2 Å². The largest absolute Gasteiger partial charge is 0.490 e. The van der Waals surface area contributed by atoms with Crippen LogP contribution in [0, 0.1) is 0 Å². The monoisotopic (exact) mass is 476 g/mol. The highest BCUT2D eigenvalue weighted by atomic mass is 32.2. The fourth-order valence-corrected chi connectivity index (χ4v) is 5.20. The molecule has 2 aromatic rings. The van der Waals surface area contributed by atoms with Crippen LogP contribution in [-0.4, -0.2) is 82.7 Å². The Bertz CT molecular complexity index is 1080. The third-order valence-corrected chi connectivity index (χ3v) is 7.38. The van der Waals surface area contributed by atoms with Crippen molar-refractivity contribution in [2.24, 2.45) is 0 Å². The van der Waals surface area contributed by atoms with Gasteiger partial charge in [0.25, 0.3) is 5.91 Å². The van der Waals surface area contributed by atoms with Gasteiger partial charge in [0.05, 0.1) is 17.1 Å². The smallest absolute Gasteiger partial charge is 0.257 e. The maximum absolute atomic E-state index is 13.1. The van der Waals surface area contributed by atoms with Crippen molar-refractivity contribution < 1.29 is 32.2 Å². The molecule has 9 nitrogen and oxygen atoms in total. The molecule has 2 aliphatic rings. The van der Waals surface area contributed by atoms with Crippen molar-refractivity contribution in [2.75, 3.05) is 59.2 Å². The molecule has 2 aromatic carbocycles. The zero-order valence-electron chi connectivity index (χ0n) is 18.6. The molecule has 0 aromatic heterocycles. The first-order valence-corrected chi connectivity index (χ1v) is 12.4. The van der Waals surface area contributed by atoms with Crippen LogP contribution in [0.1, 0.15) is 17.3 Å². The molecule has 0 aliphatic carbocycles. The zero-order valence-corrected chi connectivity index (χ0v) is 19.4. The summed E-state index contributed by atoms with van der Waals surface area (Å²) < 4.78 is 49.7. The lowest BCUT2D eigenvalue weighted by molar-refractivity contribution is 0.0688. The maximum atomic E-state index is 13.1. The Morgan fingerprint density at radius 1 is 0.970 bits per heavy atom. The maximum Gasteiger partial charge on any atom is 0.257 e. The first kappa shape index (κ1) is 23.3. The van der Waals surface area contributed by atoms with Gasteiger partial charge in [0.2, 0.25) is 10.0 Å². The second kappa shape index (κ2) is 10.4. The Hall–Kier alpha value is -2.82. The summed E-state index contributed by atoms with van der Waals surface area (Å²) >= 11 is 0. The van der Waals surface area contributed by atoms with Gasteiger partial charge in [-0.25, -0.2) is 8.42 Å². The molecule has 1 saturated heterocycles. The van der Waals surface area contributed by atoms with Gasteiger partial charge in [0.1, 0.15) is 25.6 Å². The molecule has 0 bridgehead atoms. The van der Waals surface area contributed by atoms with Crippen LogP contribution in [0.25, 0.3) is 0 Å². The Kier molecular flexibility index (Phi) is 7.36. The SMILES string of the molecule is CCOCCOc1ccccc1C(=O)N1CCN(S(=O)(=O)c2ccc3c(c2)OCCO3)CC1. The molecule has 33 heavy (non-hydrogen) atoms. The van der Waals surface area contributed by atoms with Gasteiger partial charge in [-0.05, 0) is 31.2 Å². The quantitative estimate of drug-likeness (QED) is 0.538. The molecule has 1 amide bonds. The van der Waals surface area contributed by atoms with Gasteiger partial charge in [0.15, 0.2) is 11.5 Å². The van der Waals surface area contributed by atoms with Crippen LogP contribution in [0.5, 0.6) is 17.2 Å². The van der Waals surface area contributed by atoms with Crippen LogP contribution in [-0.2, 0) is 14.8 Å². The van der Waals surface area contributed by atoms with Gasteiger partial charge in [0, 0.05) is 38.9 Å². The summed E-state index contributed by atoms with van der Waals surface area (Å²) in [5.74, 6) is 1.28. The number of hydrogen-bond donors (Lipinski definition) is 0. The summed E-state index contributed by atoms with van der Waals surface area (Å²) in [4.78, 5) is 14.9. The summed E-state index contributed by atoms with van der Waals surface area (Å²) in [5, 5.41) is 0. The molecule has 2 aliphatic heterocycles. The number of carbonyl (C=O) groups excluding carboxylic acids is 1. The molecular formula is C23H28N2O7S. The van der Waals surface area contributed by atoms with E-state index in [2.05, 4.69) is 0 Å². The molecule has 0 N–H and O–H groups in total. The lowest BCUT2D eigenvalue weighted by Crippen LogP contribution is -2.50. The minimum atomic E-state index is -3.71. The Morgan fingerprint density at radius 3 is 2.45 bits per heavy atom. The lowest BCUT2D eigenvalue weighted by Gasteiger charge is -2.34. The summed E-state index contributed by atoms with van der Waals surface area (Å²) in [6, 6.07) is 11.7. The Labute approximate surface area is 193 Å². The average molecular weight is 477 g/mol. The summed E-state index contributed by atoms with van der Waals surface area (Å²) in [6.45, 7) is 5.10. The molecule has 4 rings (SSSR count). The van der Waals surface area contributed by atoms with E-state index in [1.54, 1.807) is 29.2 Å². The van der Waals surface area contributed by atoms with E-state index >= 15 is 0 Å². The number of amides is 1. The van der Waals surface area contributed by atoms with E-state index < -0.39 is 10.0 Å². The van der Waals surface area contributed by atoms with Gasteiger partial charge in [-0.2, -0.15) is 4.31 Å². The van der Waals surface area contributed by atoms with Crippen molar-refractivity contribution >= 4 is 15.9 Å². The third-order valence-electron chi connectivity index (χ3n) is 5.48. The first-order chi connectivity index (χ1) is 16.0. The van der Waals surface area contributed by atoms with Crippen LogP contribution in [0.3, 0.4) is 0 Å². The number of piperazine rings is 1. The van der Waals surface area contributed by atoms with Crippen LogP contribution in [0.2, 0.25) is 0 Å². The second-order valence-electron chi connectivity index (χ2n) is 7.54. The highest BCUT2D eigenvalue weighted by molar-refractivity contribution is 7.89. The number of sulfonamides is 1. The fourth-order valence-electron chi connectivity index (χ4n) is 3.76. The third kappa shape index (κ3) is 5.23. The van der Waals surface area contributed by atoms with Gasteiger partial charge < -0.3 is 23.8 Å². The van der Waals surface area contributed by atoms with Crippen LogP contribution in [0.4, 0.5) is 0 Å². The van der Waals surface area contributed by atoms with Crippen molar-refractivity contribution in [2.45, 2.75) is 11.8 Å². The van der Waals surface area contributed by atoms with Gasteiger partial charge in [-0.15, -0.1) is 0 Å². The van der Waals surface area contributed by atoms with Crippen LogP contribution >= 0.6 is 0 Å². The van der Waals surface area contributed by atoms with E-state index in [4.69, 9.17) is 18.9 Å². The zero-order chi connectivity index (χ0) is 23.3. The average Bonchev–Trinajstić information content (AvgIpc) is 2.86. The number of nitrogens with zero attached hydrogens (tertiary/aromatic N) is 2. The standard InChI is InChI=1S/C23H28N2O7S/c1-2-29-13-14-30-20-6-4-3-5-19(20)23(26)24-9-11-25(12-10-24)33(27,28)18-7-8-21-22(17-18)32-16-15-31-21/h3-8,17H,2,9-16H2,1H3. The van der Waals surface area contributed by atoms with E-state index in [1.165, 1.54) is 16.4 Å². The number of hydrogen-bond acceptors (Lipinski definition) is 7. The van der Waals surface area contributed by atoms with Crippen LogP contribution < -0.4 is 14.2 Å². The van der Waals surface area contributed by atoms with Gasteiger partial charge >= 0.3 is 0 Å². The number of para-hydroxylation sites is 1. The molecule has 0 atom stereocenters. The highest BCUT2D eigenvalue weighted by Crippen LogP contribution is 2.33. The molecule has 178 valence electrons. The second-order valence-corrected chi connectivity index (χ2v) is 9.48. The topological polar surface area (TPSA) is 94.6 Å². The van der Waals surface area contributed by atoms with Crippen molar-refractivity contribution in [1.82, 2.24) is 9.21 Å². The number of fused-ring (bicyclic) bond motifs is 1. The van der Waals surface area contributed by atoms with Gasteiger partial charge in [-0.1, -0.05) is 12.1 Å². The molecular weight excluding hydrogens is 448 g/mol. The van der Waals surface area contributed by atoms with Crippen molar-refractivity contribution in [3.8, 4) is 17.2 Å². The fraction of sp³-hybridized carbons (Fsp3) is 0.435. The highest BCUT2D eigenvalue weighted by Gasteiger charge is 2.32. The van der Waals surface area contributed by atoms with Crippen LogP contribution in [0.15, 0.2) is 47.4 Å². The number of rotatable bonds is 8. The molecule has 1 fully saturated rings. The van der Waals surface area contributed by atoms with Crippen molar-refractivity contribution in [3.63, 3.8) is 0 Å². The van der Waals surface area contributed by atoms with E-state index in [0.29, 0.717) is 55.8 Å².